The number of hydrogen-bond donors (Lipinski definition) is 1. The number of carbonyl (C=O) groups is 1. The topological polar surface area (TPSA) is 56.0 Å². The number of pyridine rings is 1. The van der Waals surface area contributed by atoms with Gasteiger partial charge in [0.25, 0.3) is 0 Å². The molecule has 2 aromatic rings. The molecular weight excluding hydrogens is 272 g/mol. The number of aryl methyl sites for hydroxylation is 2. The van der Waals surface area contributed by atoms with E-state index in [-0.39, 0.29) is 5.91 Å². The van der Waals surface area contributed by atoms with E-state index in [1.54, 1.807) is 6.07 Å². The Morgan fingerprint density at radius 3 is 2.55 bits per heavy atom. The average Bonchev–Trinajstić information content (AvgIpc) is 2.57. The lowest BCUT2D eigenvalue weighted by atomic mass is 9.81. The number of benzene rings is 1. The molecule has 1 aromatic carbocycles. The highest BCUT2D eigenvalue weighted by atomic mass is 35.5. The van der Waals surface area contributed by atoms with E-state index in [4.69, 9.17) is 17.3 Å². The molecule has 4 heteroatoms. The Kier molecular flexibility index (Phi) is 3.17. The summed E-state index contributed by atoms with van der Waals surface area (Å²) in [5.74, 6) is -0.198. The molecule has 0 spiro atoms. The Hall–Kier alpha value is -1.61. The fourth-order valence-corrected chi connectivity index (χ4v) is 3.05. The standard InChI is InChI=1S/C16H17ClN2O/c1-16(15(18)20)6-4-10-8-12-2-3-14(17)19-13(12)9-11(10)5-7-16/h2-3,8-9H,4-7H2,1H3,(H2,18,20). The number of fused-ring (bicyclic) bond motifs is 2. The second kappa shape index (κ2) is 4.74. The van der Waals surface area contributed by atoms with Crippen LogP contribution < -0.4 is 5.73 Å². The van der Waals surface area contributed by atoms with Gasteiger partial charge in [-0.05, 0) is 61.1 Å². The summed E-state index contributed by atoms with van der Waals surface area (Å²) in [4.78, 5) is 16.0. The second-order valence-corrected chi connectivity index (χ2v) is 6.26. The Morgan fingerprint density at radius 1 is 1.25 bits per heavy atom. The fraction of sp³-hybridized carbons (Fsp3) is 0.375. The van der Waals surface area contributed by atoms with Gasteiger partial charge in [0.1, 0.15) is 5.15 Å². The minimum Gasteiger partial charge on any atom is -0.369 e. The number of aromatic nitrogens is 1. The molecule has 0 saturated carbocycles. The van der Waals surface area contributed by atoms with Gasteiger partial charge in [0.15, 0.2) is 0 Å². The van der Waals surface area contributed by atoms with E-state index in [1.165, 1.54) is 11.1 Å². The van der Waals surface area contributed by atoms with Gasteiger partial charge >= 0.3 is 0 Å². The highest BCUT2D eigenvalue weighted by Gasteiger charge is 2.32. The van der Waals surface area contributed by atoms with Crippen LogP contribution in [0.1, 0.15) is 30.9 Å². The number of hydrogen-bond acceptors (Lipinski definition) is 2. The van der Waals surface area contributed by atoms with E-state index in [0.29, 0.717) is 5.15 Å². The van der Waals surface area contributed by atoms with Gasteiger partial charge in [-0.15, -0.1) is 0 Å². The lowest BCUT2D eigenvalue weighted by Gasteiger charge is -2.23. The summed E-state index contributed by atoms with van der Waals surface area (Å²) in [5, 5.41) is 1.60. The maximum atomic E-state index is 11.7. The number of rotatable bonds is 1. The number of carbonyl (C=O) groups excluding carboxylic acids is 1. The van der Waals surface area contributed by atoms with E-state index in [0.717, 1.165) is 36.6 Å². The van der Waals surface area contributed by atoms with E-state index < -0.39 is 5.41 Å². The van der Waals surface area contributed by atoms with Crippen molar-refractivity contribution in [2.45, 2.75) is 32.6 Å². The molecule has 0 bridgehead atoms. The van der Waals surface area contributed by atoms with E-state index >= 15 is 0 Å². The van der Waals surface area contributed by atoms with Crippen LogP contribution in [0.5, 0.6) is 0 Å². The quantitative estimate of drug-likeness (QED) is 0.647. The normalized spacial score (nSPS) is 22.3. The largest absolute Gasteiger partial charge is 0.369 e. The summed E-state index contributed by atoms with van der Waals surface area (Å²) in [6.07, 6.45) is 3.34. The smallest absolute Gasteiger partial charge is 0.223 e. The first-order chi connectivity index (χ1) is 9.48. The minimum absolute atomic E-state index is 0.198. The SMILES string of the molecule is CC1(C(N)=O)CCc2cc3ccc(Cl)nc3cc2CC1. The first kappa shape index (κ1) is 13.4. The zero-order chi connectivity index (χ0) is 14.3. The zero-order valence-corrected chi connectivity index (χ0v) is 12.2. The van der Waals surface area contributed by atoms with Gasteiger partial charge in [0, 0.05) is 10.8 Å². The molecule has 0 radical (unpaired) electrons. The Labute approximate surface area is 123 Å². The van der Waals surface area contributed by atoms with E-state index in [1.807, 2.05) is 13.0 Å². The van der Waals surface area contributed by atoms with Crippen LogP contribution >= 0.6 is 11.6 Å². The lowest BCUT2D eigenvalue weighted by molar-refractivity contribution is -0.127. The molecule has 0 aliphatic heterocycles. The molecule has 0 saturated heterocycles. The molecule has 1 aliphatic carbocycles. The zero-order valence-electron chi connectivity index (χ0n) is 11.4. The number of primary amides is 1. The molecule has 1 aliphatic rings. The van der Waals surface area contributed by atoms with Crippen molar-refractivity contribution in [3.05, 3.63) is 40.5 Å². The van der Waals surface area contributed by atoms with E-state index in [2.05, 4.69) is 17.1 Å². The van der Waals surface area contributed by atoms with Crippen LogP contribution in [0.3, 0.4) is 0 Å². The Balaban J connectivity index is 2.04. The summed E-state index contributed by atoms with van der Waals surface area (Å²) in [5.41, 5.74) is 8.63. The molecule has 2 N–H and O–H groups in total. The van der Waals surface area contributed by atoms with Crippen molar-refractivity contribution in [1.29, 1.82) is 0 Å². The van der Waals surface area contributed by atoms with Gasteiger partial charge in [-0.3, -0.25) is 4.79 Å². The molecule has 0 fully saturated rings. The monoisotopic (exact) mass is 288 g/mol. The highest BCUT2D eigenvalue weighted by Crippen LogP contribution is 2.35. The third-order valence-electron chi connectivity index (χ3n) is 4.46. The summed E-state index contributed by atoms with van der Waals surface area (Å²) in [7, 11) is 0. The number of amides is 1. The van der Waals surface area contributed by atoms with Crippen molar-refractivity contribution < 1.29 is 4.79 Å². The Bertz CT molecular complexity index is 698. The summed E-state index contributed by atoms with van der Waals surface area (Å²) in [6, 6.07) is 8.06. The van der Waals surface area contributed by atoms with Crippen molar-refractivity contribution >= 4 is 28.4 Å². The molecule has 1 unspecified atom stereocenters. The van der Waals surface area contributed by atoms with Crippen LogP contribution in [0.15, 0.2) is 24.3 Å². The van der Waals surface area contributed by atoms with Crippen molar-refractivity contribution in [2.24, 2.45) is 11.1 Å². The van der Waals surface area contributed by atoms with Gasteiger partial charge in [-0.1, -0.05) is 18.5 Å². The molecule has 3 rings (SSSR count). The minimum atomic E-state index is -0.406. The van der Waals surface area contributed by atoms with Crippen LogP contribution in [0, 0.1) is 5.41 Å². The molecule has 20 heavy (non-hydrogen) atoms. The molecular formula is C16H17ClN2O. The number of halogens is 1. The molecule has 104 valence electrons. The first-order valence-electron chi connectivity index (χ1n) is 6.86. The van der Waals surface area contributed by atoms with Gasteiger partial charge in [-0.25, -0.2) is 4.98 Å². The molecule has 1 aromatic heterocycles. The van der Waals surface area contributed by atoms with E-state index in [9.17, 15) is 4.79 Å². The van der Waals surface area contributed by atoms with Crippen LogP contribution in [-0.2, 0) is 17.6 Å². The predicted octanol–water partition coefficient (Wildman–Crippen LogP) is 3.26. The maximum absolute atomic E-state index is 11.7. The van der Waals surface area contributed by atoms with Gasteiger partial charge in [-0.2, -0.15) is 0 Å². The van der Waals surface area contributed by atoms with Gasteiger partial charge < -0.3 is 5.73 Å². The van der Waals surface area contributed by atoms with Crippen LogP contribution in [-0.4, -0.2) is 10.9 Å². The summed E-state index contributed by atoms with van der Waals surface area (Å²) < 4.78 is 0. The third-order valence-corrected chi connectivity index (χ3v) is 4.67. The van der Waals surface area contributed by atoms with Crippen molar-refractivity contribution in [3.8, 4) is 0 Å². The third kappa shape index (κ3) is 2.27. The van der Waals surface area contributed by atoms with Gasteiger partial charge in [0.05, 0.1) is 5.52 Å². The summed E-state index contributed by atoms with van der Waals surface area (Å²) >= 11 is 5.95. The predicted molar refractivity (Wildman–Crippen MR) is 80.7 cm³/mol. The highest BCUT2D eigenvalue weighted by molar-refractivity contribution is 6.29. The van der Waals surface area contributed by atoms with Crippen molar-refractivity contribution in [2.75, 3.05) is 0 Å². The van der Waals surface area contributed by atoms with Crippen LogP contribution in [0.4, 0.5) is 0 Å². The lowest BCUT2D eigenvalue weighted by Crippen LogP contribution is -2.34. The second-order valence-electron chi connectivity index (χ2n) is 5.87. The Morgan fingerprint density at radius 2 is 1.90 bits per heavy atom. The molecule has 1 heterocycles. The maximum Gasteiger partial charge on any atom is 0.223 e. The van der Waals surface area contributed by atoms with Crippen molar-refractivity contribution in [3.63, 3.8) is 0 Å². The first-order valence-corrected chi connectivity index (χ1v) is 7.24. The molecule has 3 nitrogen and oxygen atoms in total. The van der Waals surface area contributed by atoms with Crippen LogP contribution in [0.25, 0.3) is 10.9 Å². The van der Waals surface area contributed by atoms with Crippen molar-refractivity contribution in [1.82, 2.24) is 4.98 Å². The van der Waals surface area contributed by atoms with Gasteiger partial charge in [0.2, 0.25) is 5.91 Å². The average molecular weight is 289 g/mol. The molecule has 1 atom stereocenters. The summed E-state index contributed by atoms with van der Waals surface area (Å²) in [6.45, 7) is 1.97. The molecule has 1 amide bonds. The fourth-order valence-electron chi connectivity index (χ4n) is 2.89. The number of nitrogens with two attached hydrogens (primary N) is 1. The number of nitrogens with zero attached hydrogens (tertiary/aromatic N) is 1. The van der Waals surface area contributed by atoms with Crippen LogP contribution in [0.2, 0.25) is 5.15 Å².